The maximum atomic E-state index is 13.1. The summed E-state index contributed by atoms with van der Waals surface area (Å²) in [7, 11) is 0. The van der Waals surface area contributed by atoms with Crippen LogP contribution in [0.5, 0.6) is 5.75 Å². The molecule has 0 amide bonds. The van der Waals surface area contributed by atoms with E-state index in [4.69, 9.17) is 4.74 Å². The number of aliphatic hydroxyl groups excluding tert-OH is 1. The summed E-state index contributed by atoms with van der Waals surface area (Å²) in [6.45, 7) is 0.0518. The number of aliphatic hydroxyl groups is 1. The molecule has 2 rings (SSSR count). The lowest BCUT2D eigenvalue weighted by Gasteiger charge is -2.15. The second-order valence-electron chi connectivity index (χ2n) is 4.20. The molecule has 0 fully saturated rings. The first-order chi connectivity index (χ1) is 9.19. The average molecular weight is 264 g/mol. The van der Waals surface area contributed by atoms with Crippen molar-refractivity contribution in [1.29, 1.82) is 0 Å². The van der Waals surface area contributed by atoms with E-state index in [2.05, 4.69) is 0 Å². The Morgan fingerprint density at radius 1 is 1.00 bits per heavy atom. The minimum atomic E-state index is -0.349. The summed E-state index contributed by atoms with van der Waals surface area (Å²) in [6.07, 6.45) is 0. The van der Waals surface area contributed by atoms with E-state index in [1.165, 1.54) is 36.4 Å². The molecule has 2 aromatic carbocycles. The number of benzene rings is 2. The van der Waals surface area contributed by atoms with Gasteiger partial charge in [0.2, 0.25) is 0 Å². The summed E-state index contributed by atoms with van der Waals surface area (Å²) in [4.78, 5) is 0. The van der Waals surface area contributed by atoms with Crippen LogP contribution in [0.2, 0.25) is 0 Å². The van der Waals surface area contributed by atoms with Gasteiger partial charge in [0.05, 0.1) is 13.2 Å². The number of rotatable bonds is 5. The van der Waals surface area contributed by atoms with Crippen LogP contribution in [0.1, 0.15) is 11.5 Å². The van der Waals surface area contributed by atoms with Crippen LogP contribution >= 0.6 is 0 Å². The van der Waals surface area contributed by atoms with Crippen LogP contribution in [0.25, 0.3) is 0 Å². The Kier molecular flexibility index (Phi) is 4.47. The molecule has 2 nitrogen and oxygen atoms in total. The van der Waals surface area contributed by atoms with Crippen molar-refractivity contribution < 1.29 is 18.6 Å². The molecule has 0 aromatic heterocycles. The van der Waals surface area contributed by atoms with Crippen LogP contribution in [0.15, 0.2) is 48.5 Å². The number of halogens is 2. The minimum absolute atomic E-state index is 0.148. The molecule has 0 saturated heterocycles. The van der Waals surface area contributed by atoms with Gasteiger partial charge in [-0.3, -0.25) is 0 Å². The van der Waals surface area contributed by atoms with Crippen LogP contribution in [0, 0.1) is 11.6 Å². The normalized spacial score (nSPS) is 12.2. The number of hydrogen-bond acceptors (Lipinski definition) is 2. The van der Waals surface area contributed by atoms with Gasteiger partial charge in [0, 0.05) is 5.92 Å². The lowest BCUT2D eigenvalue weighted by Crippen LogP contribution is -2.14. The van der Waals surface area contributed by atoms with E-state index in [-0.39, 0.29) is 30.8 Å². The fourth-order valence-corrected chi connectivity index (χ4v) is 1.74. The highest BCUT2D eigenvalue weighted by molar-refractivity contribution is 5.24. The van der Waals surface area contributed by atoms with Gasteiger partial charge < -0.3 is 9.84 Å². The third-order valence-electron chi connectivity index (χ3n) is 2.81. The van der Waals surface area contributed by atoms with E-state index in [0.717, 1.165) is 0 Å². The van der Waals surface area contributed by atoms with Crippen LogP contribution in [-0.2, 0) is 0 Å². The van der Waals surface area contributed by atoms with Crippen molar-refractivity contribution in [3.8, 4) is 5.75 Å². The Hall–Kier alpha value is -1.94. The molecule has 1 atom stereocenters. The quantitative estimate of drug-likeness (QED) is 0.899. The molecular weight excluding hydrogens is 250 g/mol. The Morgan fingerprint density at radius 2 is 1.74 bits per heavy atom. The molecule has 2 aromatic rings. The first-order valence-electron chi connectivity index (χ1n) is 5.93. The van der Waals surface area contributed by atoms with Crippen molar-refractivity contribution in [2.45, 2.75) is 5.92 Å². The zero-order chi connectivity index (χ0) is 13.7. The first-order valence-corrected chi connectivity index (χ1v) is 5.93. The third-order valence-corrected chi connectivity index (χ3v) is 2.81. The van der Waals surface area contributed by atoms with E-state index >= 15 is 0 Å². The van der Waals surface area contributed by atoms with Gasteiger partial charge in [0.1, 0.15) is 17.4 Å². The molecule has 1 N–H and O–H groups in total. The van der Waals surface area contributed by atoms with Crippen molar-refractivity contribution in [3.63, 3.8) is 0 Å². The van der Waals surface area contributed by atoms with Gasteiger partial charge in [-0.1, -0.05) is 12.1 Å². The lowest BCUT2D eigenvalue weighted by molar-refractivity contribution is 0.205. The highest BCUT2D eigenvalue weighted by Gasteiger charge is 2.12. The zero-order valence-corrected chi connectivity index (χ0v) is 10.2. The summed E-state index contributed by atoms with van der Waals surface area (Å²) < 4.78 is 31.3. The Bertz CT molecular complexity index is 526. The summed E-state index contributed by atoms with van der Waals surface area (Å²) in [6, 6.07) is 11.7. The largest absolute Gasteiger partial charge is 0.493 e. The topological polar surface area (TPSA) is 29.5 Å². The SMILES string of the molecule is OCC(COc1ccc(F)cc1)c1cccc(F)c1. The summed E-state index contributed by atoms with van der Waals surface area (Å²) in [5, 5.41) is 9.33. The summed E-state index contributed by atoms with van der Waals surface area (Å²) in [5.74, 6) is -0.495. The molecule has 19 heavy (non-hydrogen) atoms. The van der Waals surface area contributed by atoms with Gasteiger partial charge in [0.25, 0.3) is 0 Å². The van der Waals surface area contributed by atoms with Crippen LogP contribution in [0.3, 0.4) is 0 Å². The summed E-state index contributed by atoms with van der Waals surface area (Å²) in [5.41, 5.74) is 0.671. The fraction of sp³-hybridized carbons (Fsp3) is 0.200. The number of ether oxygens (including phenoxy) is 1. The van der Waals surface area contributed by atoms with Gasteiger partial charge in [-0.2, -0.15) is 0 Å². The van der Waals surface area contributed by atoms with E-state index < -0.39 is 0 Å². The van der Waals surface area contributed by atoms with Crippen LogP contribution in [0.4, 0.5) is 8.78 Å². The standard InChI is InChI=1S/C15H14F2O2/c16-13-4-6-15(7-5-13)19-10-12(9-18)11-2-1-3-14(17)8-11/h1-8,12,18H,9-10H2. The first kappa shape index (κ1) is 13.5. The second-order valence-corrected chi connectivity index (χ2v) is 4.20. The summed E-state index contributed by atoms with van der Waals surface area (Å²) >= 11 is 0. The highest BCUT2D eigenvalue weighted by Crippen LogP contribution is 2.19. The molecule has 0 radical (unpaired) electrons. The van der Waals surface area contributed by atoms with E-state index in [1.807, 2.05) is 0 Å². The molecule has 0 aliphatic carbocycles. The van der Waals surface area contributed by atoms with Crippen molar-refractivity contribution in [2.24, 2.45) is 0 Å². The van der Waals surface area contributed by atoms with Crippen molar-refractivity contribution in [1.82, 2.24) is 0 Å². The lowest BCUT2D eigenvalue weighted by atomic mass is 10.0. The van der Waals surface area contributed by atoms with Gasteiger partial charge in [0.15, 0.2) is 0 Å². The second kappa shape index (κ2) is 6.29. The molecule has 0 heterocycles. The van der Waals surface area contributed by atoms with Crippen LogP contribution in [-0.4, -0.2) is 18.3 Å². The molecule has 0 saturated carbocycles. The molecule has 0 bridgehead atoms. The van der Waals surface area contributed by atoms with E-state index in [9.17, 15) is 13.9 Å². The van der Waals surface area contributed by atoms with E-state index in [1.54, 1.807) is 12.1 Å². The predicted octanol–water partition coefficient (Wildman–Crippen LogP) is 3.12. The van der Waals surface area contributed by atoms with Crippen molar-refractivity contribution >= 4 is 0 Å². The maximum absolute atomic E-state index is 13.1. The van der Waals surface area contributed by atoms with E-state index in [0.29, 0.717) is 11.3 Å². The van der Waals surface area contributed by atoms with Gasteiger partial charge >= 0.3 is 0 Å². The predicted molar refractivity (Wildman–Crippen MR) is 68.1 cm³/mol. The van der Waals surface area contributed by atoms with Gasteiger partial charge in [-0.05, 0) is 42.0 Å². The van der Waals surface area contributed by atoms with Crippen molar-refractivity contribution in [2.75, 3.05) is 13.2 Å². The molecule has 4 heteroatoms. The Balaban J connectivity index is 2.01. The molecule has 0 aliphatic heterocycles. The third kappa shape index (κ3) is 3.76. The molecule has 1 unspecified atom stereocenters. The zero-order valence-electron chi connectivity index (χ0n) is 10.2. The number of hydrogen-bond donors (Lipinski definition) is 1. The fourth-order valence-electron chi connectivity index (χ4n) is 1.74. The Morgan fingerprint density at radius 3 is 2.37 bits per heavy atom. The monoisotopic (exact) mass is 264 g/mol. The van der Waals surface area contributed by atoms with Crippen LogP contribution < -0.4 is 4.74 Å². The molecule has 0 spiro atoms. The highest BCUT2D eigenvalue weighted by atomic mass is 19.1. The van der Waals surface area contributed by atoms with Crippen molar-refractivity contribution in [3.05, 3.63) is 65.7 Å². The van der Waals surface area contributed by atoms with Gasteiger partial charge in [-0.15, -0.1) is 0 Å². The Labute approximate surface area is 110 Å². The molecule has 100 valence electrons. The van der Waals surface area contributed by atoms with Gasteiger partial charge in [-0.25, -0.2) is 8.78 Å². The smallest absolute Gasteiger partial charge is 0.123 e. The minimum Gasteiger partial charge on any atom is -0.493 e. The molecule has 0 aliphatic rings. The molecular formula is C15H14F2O2. The average Bonchev–Trinajstić information content (AvgIpc) is 2.42. The maximum Gasteiger partial charge on any atom is 0.123 e.